The van der Waals surface area contributed by atoms with Gasteiger partial charge in [-0.2, -0.15) is 0 Å². The first kappa shape index (κ1) is 12.9. The minimum absolute atomic E-state index is 0.0914. The zero-order chi connectivity index (χ0) is 13.0. The monoisotopic (exact) mass is 235 g/mol. The van der Waals surface area contributed by atoms with E-state index in [9.17, 15) is 14.4 Å². The molecular weight excluding hydrogens is 222 g/mol. The van der Waals surface area contributed by atoms with Crippen molar-refractivity contribution in [3.8, 4) is 0 Å². The molecule has 90 valence electrons. The summed E-state index contributed by atoms with van der Waals surface area (Å²) in [7, 11) is 0. The fraction of sp³-hybridized carbons (Fsp3) is 0.250. The molecule has 1 rings (SSSR count). The molecule has 0 saturated carbocycles. The van der Waals surface area contributed by atoms with E-state index in [1.165, 1.54) is 19.1 Å². The summed E-state index contributed by atoms with van der Waals surface area (Å²) in [5.41, 5.74) is 1.25. The van der Waals surface area contributed by atoms with Gasteiger partial charge in [-0.3, -0.25) is 9.59 Å². The Hall–Kier alpha value is -2.17. The van der Waals surface area contributed by atoms with Crippen molar-refractivity contribution in [1.29, 1.82) is 0 Å². The van der Waals surface area contributed by atoms with Crippen molar-refractivity contribution in [1.82, 2.24) is 0 Å². The van der Waals surface area contributed by atoms with Gasteiger partial charge < -0.3 is 10.4 Å². The molecule has 0 spiro atoms. The van der Waals surface area contributed by atoms with Crippen LogP contribution in [0.15, 0.2) is 18.2 Å². The van der Waals surface area contributed by atoms with E-state index in [1.807, 2.05) is 0 Å². The summed E-state index contributed by atoms with van der Waals surface area (Å²) in [4.78, 5) is 32.9. The number of ketones is 1. The van der Waals surface area contributed by atoms with Crippen molar-refractivity contribution >= 4 is 23.3 Å². The molecule has 0 aliphatic heterocycles. The van der Waals surface area contributed by atoms with Crippen LogP contribution < -0.4 is 5.32 Å². The van der Waals surface area contributed by atoms with E-state index in [0.717, 1.165) is 5.56 Å². The molecule has 0 radical (unpaired) electrons. The minimum atomic E-state index is -1.06. The maximum absolute atomic E-state index is 11.4. The lowest BCUT2D eigenvalue weighted by Crippen LogP contribution is -2.15. The van der Waals surface area contributed by atoms with E-state index in [-0.39, 0.29) is 17.8 Å². The Labute approximate surface area is 98.4 Å². The molecule has 0 fully saturated rings. The molecule has 17 heavy (non-hydrogen) atoms. The molecule has 1 aromatic carbocycles. The summed E-state index contributed by atoms with van der Waals surface area (Å²) in [5, 5.41) is 11.3. The molecular formula is C12H13NO4. The normalized spacial score (nSPS) is 9.76. The van der Waals surface area contributed by atoms with Crippen LogP contribution >= 0.6 is 0 Å². The smallest absolute Gasteiger partial charge is 0.335 e. The summed E-state index contributed by atoms with van der Waals surface area (Å²) in [6.07, 6.45) is -0.212. The van der Waals surface area contributed by atoms with Crippen LogP contribution in [-0.4, -0.2) is 22.8 Å². The van der Waals surface area contributed by atoms with Crippen molar-refractivity contribution in [3.63, 3.8) is 0 Å². The zero-order valence-corrected chi connectivity index (χ0v) is 9.61. The zero-order valence-electron chi connectivity index (χ0n) is 9.61. The number of carboxylic acids is 1. The van der Waals surface area contributed by atoms with Crippen LogP contribution in [-0.2, 0) is 9.59 Å². The standard InChI is InChI=1S/C12H13NO4/c1-7-3-4-9(12(16)17)6-10(7)13-11(15)5-8(2)14/h3-4,6H,5H2,1-2H3,(H,13,15)(H,16,17). The van der Waals surface area contributed by atoms with Gasteiger partial charge in [0.1, 0.15) is 5.78 Å². The number of nitrogens with one attached hydrogen (secondary N) is 1. The highest BCUT2D eigenvalue weighted by Gasteiger charge is 2.10. The largest absolute Gasteiger partial charge is 0.478 e. The summed E-state index contributed by atoms with van der Waals surface area (Å²) in [6, 6.07) is 4.43. The number of amides is 1. The first-order valence-corrected chi connectivity index (χ1v) is 5.03. The fourth-order valence-electron chi connectivity index (χ4n) is 1.31. The fourth-order valence-corrected chi connectivity index (χ4v) is 1.31. The quantitative estimate of drug-likeness (QED) is 0.776. The molecule has 0 aromatic heterocycles. The lowest BCUT2D eigenvalue weighted by atomic mass is 10.1. The molecule has 0 aliphatic carbocycles. The van der Waals surface area contributed by atoms with Gasteiger partial charge in [-0.05, 0) is 31.5 Å². The van der Waals surface area contributed by atoms with Crippen molar-refractivity contribution in [2.24, 2.45) is 0 Å². The van der Waals surface area contributed by atoms with Gasteiger partial charge in [0.25, 0.3) is 0 Å². The predicted molar refractivity (Wildman–Crippen MR) is 62.1 cm³/mol. The summed E-state index contributed by atoms with van der Waals surface area (Å²) in [6.45, 7) is 3.06. The van der Waals surface area contributed by atoms with Gasteiger partial charge >= 0.3 is 5.97 Å². The molecule has 5 heteroatoms. The number of benzene rings is 1. The third-order valence-electron chi connectivity index (χ3n) is 2.17. The predicted octanol–water partition coefficient (Wildman–Crippen LogP) is 1.61. The number of Topliss-reactive ketones (excluding diaryl/α,β-unsaturated/α-hetero) is 1. The van der Waals surface area contributed by atoms with Gasteiger partial charge in [0.05, 0.1) is 12.0 Å². The first-order chi connectivity index (χ1) is 7.90. The summed E-state index contributed by atoms with van der Waals surface area (Å²) < 4.78 is 0. The van der Waals surface area contributed by atoms with E-state index in [4.69, 9.17) is 5.11 Å². The van der Waals surface area contributed by atoms with Crippen molar-refractivity contribution in [3.05, 3.63) is 29.3 Å². The highest BCUT2D eigenvalue weighted by Crippen LogP contribution is 2.17. The number of rotatable bonds is 4. The second-order valence-electron chi connectivity index (χ2n) is 3.76. The number of anilines is 1. The van der Waals surface area contributed by atoms with Crippen LogP contribution in [0, 0.1) is 6.92 Å². The SMILES string of the molecule is CC(=O)CC(=O)Nc1cc(C(=O)O)ccc1C. The topological polar surface area (TPSA) is 83.5 Å². The number of carboxylic acid groups (broad SMARTS) is 1. The molecule has 0 aliphatic rings. The second kappa shape index (κ2) is 5.25. The number of aryl methyl sites for hydroxylation is 1. The molecule has 0 heterocycles. The highest BCUT2D eigenvalue weighted by atomic mass is 16.4. The number of carbonyl (C=O) groups is 3. The minimum Gasteiger partial charge on any atom is -0.478 e. The third kappa shape index (κ3) is 3.71. The van der Waals surface area contributed by atoms with Crippen LogP contribution in [0.4, 0.5) is 5.69 Å². The Balaban J connectivity index is 2.90. The van der Waals surface area contributed by atoms with Crippen molar-refractivity contribution < 1.29 is 19.5 Å². The lowest BCUT2D eigenvalue weighted by molar-refractivity contribution is -0.124. The highest BCUT2D eigenvalue weighted by molar-refractivity contribution is 6.04. The van der Waals surface area contributed by atoms with Crippen LogP contribution in [0.25, 0.3) is 0 Å². The lowest BCUT2D eigenvalue weighted by Gasteiger charge is -2.08. The van der Waals surface area contributed by atoms with Gasteiger partial charge in [-0.1, -0.05) is 6.07 Å². The number of hydrogen-bond donors (Lipinski definition) is 2. The maximum atomic E-state index is 11.4. The van der Waals surface area contributed by atoms with Crippen LogP contribution in [0.2, 0.25) is 0 Å². The second-order valence-corrected chi connectivity index (χ2v) is 3.76. The molecule has 0 atom stereocenters. The molecule has 0 bridgehead atoms. The molecule has 2 N–H and O–H groups in total. The number of aromatic carboxylic acids is 1. The van der Waals surface area contributed by atoms with Crippen LogP contribution in [0.1, 0.15) is 29.3 Å². The van der Waals surface area contributed by atoms with Gasteiger partial charge in [-0.25, -0.2) is 4.79 Å². The molecule has 1 amide bonds. The van der Waals surface area contributed by atoms with E-state index >= 15 is 0 Å². The van der Waals surface area contributed by atoms with Gasteiger partial charge in [0, 0.05) is 5.69 Å². The van der Waals surface area contributed by atoms with Crippen LogP contribution in [0.5, 0.6) is 0 Å². The average Bonchev–Trinajstić information content (AvgIpc) is 2.19. The average molecular weight is 235 g/mol. The van der Waals surface area contributed by atoms with E-state index in [1.54, 1.807) is 13.0 Å². The number of carbonyl (C=O) groups excluding carboxylic acids is 2. The number of hydrogen-bond acceptors (Lipinski definition) is 3. The van der Waals surface area contributed by atoms with E-state index in [2.05, 4.69) is 5.32 Å². The van der Waals surface area contributed by atoms with Crippen molar-refractivity contribution in [2.75, 3.05) is 5.32 Å². The summed E-state index contributed by atoms with van der Waals surface area (Å²) >= 11 is 0. The Morgan fingerprint density at radius 3 is 2.47 bits per heavy atom. The van der Waals surface area contributed by atoms with Crippen LogP contribution in [0.3, 0.4) is 0 Å². The van der Waals surface area contributed by atoms with E-state index in [0.29, 0.717) is 5.69 Å². The van der Waals surface area contributed by atoms with Gasteiger partial charge in [0.15, 0.2) is 0 Å². The molecule has 1 aromatic rings. The Bertz CT molecular complexity index is 479. The molecule has 0 saturated heterocycles. The Morgan fingerprint density at radius 2 is 1.94 bits per heavy atom. The summed E-state index contributed by atoms with van der Waals surface area (Å²) in [5.74, 6) is -1.75. The maximum Gasteiger partial charge on any atom is 0.335 e. The third-order valence-corrected chi connectivity index (χ3v) is 2.17. The van der Waals surface area contributed by atoms with Gasteiger partial charge in [-0.15, -0.1) is 0 Å². The molecule has 0 unspecified atom stereocenters. The molecule has 5 nitrogen and oxygen atoms in total. The van der Waals surface area contributed by atoms with Crippen molar-refractivity contribution in [2.45, 2.75) is 20.3 Å². The van der Waals surface area contributed by atoms with E-state index < -0.39 is 11.9 Å². The Kier molecular flexibility index (Phi) is 3.98. The first-order valence-electron chi connectivity index (χ1n) is 5.03. The Morgan fingerprint density at radius 1 is 1.29 bits per heavy atom. The van der Waals surface area contributed by atoms with Gasteiger partial charge in [0.2, 0.25) is 5.91 Å².